The Kier molecular flexibility index (Phi) is 6.07. The van der Waals surface area contributed by atoms with Crippen molar-refractivity contribution in [1.82, 2.24) is 10.2 Å². The van der Waals surface area contributed by atoms with Crippen LogP contribution in [0.5, 0.6) is 5.75 Å². The van der Waals surface area contributed by atoms with Crippen molar-refractivity contribution in [2.75, 3.05) is 32.1 Å². The number of nitrogens with one attached hydrogen (secondary N) is 2. The Morgan fingerprint density at radius 2 is 1.86 bits per heavy atom. The minimum atomic E-state index is -0.157. The van der Waals surface area contributed by atoms with Crippen molar-refractivity contribution in [3.63, 3.8) is 0 Å². The maximum Gasteiger partial charge on any atom is 0.319 e. The van der Waals surface area contributed by atoms with Gasteiger partial charge in [0.15, 0.2) is 0 Å². The van der Waals surface area contributed by atoms with Crippen LogP contribution in [0.3, 0.4) is 0 Å². The number of hydrogen-bond acceptors (Lipinski definition) is 3. The van der Waals surface area contributed by atoms with Crippen LogP contribution in [0.2, 0.25) is 0 Å². The summed E-state index contributed by atoms with van der Waals surface area (Å²) in [5.74, 6) is 1.30. The molecule has 0 spiro atoms. The van der Waals surface area contributed by atoms with E-state index in [1.54, 1.807) is 7.11 Å². The topological polar surface area (TPSA) is 53.6 Å². The van der Waals surface area contributed by atoms with Gasteiger partial charge in [-0.2, -0.15) is 0 Å². The molecule has 22 heavy (non-hydrogen) atoms. The number of methoxy groups -OCH3 is 1. The zero-order chi connectivity index (χ0) is 15.9. The first-order valence-corrected chi connectivity index (χ1v) is 8.03. The summed E-state index contributed by atoms with van der Waals surface area (Å²) in [4.78, 5) is 14.5. The van der Waals surface area contributed by atoms with E-state index in [-0.39, 0.29) is 6.03 Å². The van der Waals surface area contributed by atoms with E-state index < -0.39 is 0 Å². The van der Waals surface area contributed by atoms with Crippen LogP contribution < -0.4 is 15.4 Å². The molecule has 1 aromatic carbocycles. The summed E-state index contributed by atoms with van der Waals surface area (Å²) in [6.07, 6.45) is 2.53. The highest BCUT2D eigenvalue weighted by atomic mass is 16.5. The molecule has 2 amide bonds. The number of benzene rings is 1. The van der Waals surface area contributed by atoms with Crippen LogP contribution in [0.4, 0.5) is 10.5 Å². The Labute approximate surface area is 133 Å². The quantitative estimate of drug-likeness (QED) is 0.849. The average molecular weight is 305 g/mol. The Balaban J connectivity index is 1.82. The fourth-order valence-corrected chi connectivity index (χ4v) is 2.91. The molecule has 5 heteroatoms. The molecule has 2 N–H and O–H groups in total. The predicted octanol–water partition coefficient (Wildman–Crippen LogP) is 2.94. The summed E-state index contributed by atoms with van der Waals surface area (Å²) < 4.78 is 5.10. The van der Waals surface area contributed by atoms with Gasteiger partial charge in [-0.25, -0.2) is 4.79 Å². The van der Waals surface area contributed by atoms with E-state index in [0.717, 1.165) is 24.5 Å². The molecular weight excluding hydrogens is 278 g/mol. The lowest BCUT2D eigenvalue weighted by atomic mass is 10.0. The predicted molar refractivity (Wildman–Crippen MR) is 89.4 cm³/mol. The maximum atomic E-state index is 12.0. The molecular formula is C17H27N3O2. The molecule has 1 aliphatic rings. The molecule has 1 atom stereocenters. The van der Waals surface area contributed by atoms with Crippen LogP contribution in [-0.4, -0.2) is 43.7 Å². The fraction of sp³-hybridized carbons (Fsp3) is 0.588. The fourth-order valence-electron chi connectivity index (χ4n) is 2.91. The average Bonchev–Trinajstić information content (AvgIpc) is 3.02. The zero-order valence-electron chi connectivity index (χ0n) is 13.8. The third-order valence-corrected chi connectivity index (χ3v) is 4.20. The van der Waals surface area contributed by atoms with Gasteiger partial charge in [0, 0.05) is 18.3 Å². The van der Waals surface area contributed by atoms with Gasteiger partial charge in [0.1, 0.15) is 5.75 Å². The number of rotatable bonds is 6. The van der Waals surface area contributed by atoms with E-state index in [1.807, 2.05) is 24.3 Å². The van der Waals surface area contributed by atoms with Crippen LogP contribution in [0, 0.1) is 5.92 Å². The molecule has 0 radical (unpaired) electrons. The third kappa shape index (κ3) is 4.63. The number of urea groups is 1. The van der Waals surface area contributed by atoms with Crippen LogP contribution >= 0.6 is 0 Å². The van der Waals surface area contributed by atoms with Gasteiger partial charge in [-0.3, -0.25) is 4.90 Å². The largest absolute Gasteiger partial charge is 0.497 e. The molecule has 122 valence electrons. The Hall–Kier alpha value is -1.75. The van der Waals surface area contributed by atoms with E-state index in [0.29, 0.717) is 18.5 Å². The smallest absolute Gasteiger partial charge is 0.319 e. The second kappa shape index (κ2) is 8.03. The van der Waals surface area contributed by atoms with E-state index in [2.05, 4.69) is 29.4 Å². The number of amides is 2. The molecule has 1 saturated heterocycles. The summed E-state index contributed by atoms with van der Waals surface area (Å²) in [5, 5.41) is 5.85. The molecule has 0 bridgehead atoms. The summed E-state index contributed by atoms with van der Waals surface area (Å²) in [6, 6.07) is 7.57. The van der Waals surface area contributed by atoms with Gasteiger partial charge in [0.05, 0.1) is 7.11 Å². The Bertz CT molecular complexity index is 467. The lowest BCUT2D eigenvalue weighted by Gasteiger charge is -2.31. The SMILES string of the molecule is COc1ccc(NC(=O)NCC(C(C)C)N2CCCC2)cc1. The number of hydrogen-bond donors (Lipinski definition) is 2. The number of carbonyl (C=O) groups excluding carboxylic acids is 1. The molecule has 2 rings (SSSR count). The highest BCUT2D eigenvalue weighted by Crippen LogP contribution is 2.17. The summed E-state index contributed by atoms with van der Waals surface area (Å²) in [5.41, 5.74) is 0.764. The van der Waals surface area contributed by atoms with Crippen LogP contribution in [0.25, 0.3) is 0 Å². The molecule has 5 nitrogen and oxygen atoms in total. The van der Waals surface area contributed by atoms with Crippen molar-refractivity contribution >= 4 is 11.7 Å². The molecule has 1 fully saturated rings. The van der Waals surface area contributed by atoms with Crippen molar-refractivity contribution in [3.05, 3.63) is 24.3 Å². The van der Waals surface area contributed by atoms with Crippen molar-refractivity contribution in [3.8, 4) is 5.75 Å². The van der Waals surface area contributed by atoms with Crippen LogP contribution in [-0.2, 0) is 0 Å². The third-order valence-electron chi connectivity index (χ3n) is 4.20. The first-order valence-electron chi connectivity index (χ1n) is 8.03. The van der Waals surface area contributed by atoms with Crippen molar-refractivity contribution in [1.29, 1.82) is 0 Å². The zero-order valence-corrected chi connectivity index (χ0v) is 13.8. The summed E-state index contributed by atoms with van der Waals surface area (Å²) in [6.45, 7) is 7.40. The van der Waals surface area contributed by atoms with E-state index >= 15 is 0 Å². The highest BCUT2D eigenvalue weighted by Gasteiger charge is 2.24. The van der Waals surface area contributed by atoms with Gasteiger partial charge in [-0.15, -0.1) is 0 Å². The number of anilines is 1. The Morgan fingerprint density at radius 1 is 1.23 bits per heavy atom. The summed E-state index contributed by atoms with van der Waals surface area (Å²) >= 11 is 0. The van der Waals surface area contributed by atoms with E-state index in [4.69, 9.17) is 4.74 Å². The molecule has 0 aromatic heterocycles. The van der Waals surface area contributed by atoms with Crippen molar-refractivity contribution < 1.29 is 9.53 Å². The van der Waals surface area contributed by atoms with Crippen molar-refractivity contribution in [2.24, 2.45) is 5.92 Å². The van der Waals surface area contributed by atoms with Crippen LogP contribution in [0.1, 0.15) is 26.7 Å². The number of likely N-dealkylation sites (tertiary alicyclic amines) is 1. The van der Waals surface area contributed by atoms with E-state index in [1.165, 1.54) is 12.8 Å². The highest BCUT2D eigenvalue weighted by molar-refractivity contribution is 5.89. The second-order valence-electron chi connectivity index (χ2n) is 6.12. The number of nitrogens with zero attached hydrogens (tertiary/aromatic N) is 1. The lowest BCUT2D eigenvalue weighted by molar-refractivity contribution is 0.186. The first-order chi connectivity index (χ1) is 10.6. The first kappa shape index (κ1) is 16.6. The normalized spacial score (nSPS) is 16.5. The number of carbonyl (C=O) groups is 1. The van der Waals surface area contributed by atoms with Gasteiger partial charge in [-0.05, 0) is 56.1 Å². The van der Waals surface area contributed by atoms with Crippen LogP contribution in [0.15, 0.2) is 24.3 Å². The van der Waals surface area contributed by atoms with Gasteiger partial charge >= 0.3 is 6.03 Å². The monoisotopic (exact) mass is 305 g/mol. The van der Waals surface area contributed by atoms with E-state index in [9.17, 15) is 4.79 Å². The van der Waals surface area contributed by atoms with Gasteiger partial charge in [-0.1, -0.05) is 13.8 Å². The molecule has 1 heterocycles. The van der Waals surface area contributed by atoms with Crippen molar-refractivity contribution in [2.45, 2.75) is 32.7 Å². The summed E-state index contributed by atoms with van der Waals surface area (Å²) in [7, 11) is 1.62. The Morgan fingerprint density at radius 3 is 2.41 bits per heavy atom. The molecule has 1 unspecified atom stereocenters. The number of ether oxygens (including phenoxy) is 1. The molecule has 1 aromatic rings. The molecule has 0 saturated carbocycles. The van der Waals surface area contributed by atoms with Gasteiger partial charge in [0.2, 0.25) is 0 Å². The van der Waals surface area contributed by atoms with Gasteiger partial charge in [0.25, 0.3) is 0 Å². The minimum absolute atomic E-state index is 0.157. The maximum absolute atomic E-state index is 12.0. The molecule has 1 aliphatic heterocycles. The molecule has 0 aliphatic carbocycles. The standard InChI is InChI=1S/C17H27N3O2/c1-13(2)16(20-10-4-5-11-20)12-18-17(21)19-14-6-8-15(22-3)9-7-14/h6-9,13,16H,4-5,10-12H2,1-3H3,(H2,18,19,21). The lowest BCUT2D eigenvalue weighted by Crippen LogP contribution is -2.46. The second-order valence-corrected chi connectivity index (χ2v) is 6.12. The minimum Gasteiger partial charge on any atom is -0.497 e. The van der Waals surface area contributed by atoms with Gasteiger partial charge < -0.3 is 15.4 Å².